The minimum atomic E-state index is -0.0273. The Morgan fingerprint density at radius 2 is 2.00 bits per heavy atom. The van der Waals surface area contributed by atoms with Crippen LogP contribution in [0.4, 0.5) is 5.69 Å². The third-order valence-corrected chi connectivity index (χ3v) is 4.48. The number of hydrogen-bond donors (Lipinski definition) is 2. The predicted molar refractivity (Wildman–Crippen MR) is 99.5 cm³/mol. The topological polar surface area (TPSA) is 71.0 Å². The maximum absolute atomic E-state index is 12.4. The van der Waals surface area contributed by atoms with E-state index in [2.05, 4.69) is 5.32 Å². The second-order valence-electron chi connectivity index (χ2n) is 6.26. The Hall–Kier alpha value is -2.73. The van der Waals surface area contributed by atoms with E-state index in [-0.39, 0.29) is 25.2 Å². The Kier molecular flexibility index (Phi) is 5.96. The molecule has 0 saturated carbocycles. The number of anilines is 1. The van der Waals surface area contributed by atoms with E-state index in [1.165, 1.54) is 0 Å². The quantitative estimate of drug-likeness (QED) is 0.796. The number of aliphatic hydroxyl groups excluding tert-OH is 1. The number of ether oxygens (including phenoxy) is 2. The molecule has 1 aliphatic rings. The molecule has 1 fully saturated rings. The Morgan fingerprint density at radius 1 is 1.23 bits per heavy atom. The number of benzene rings is 2. The van der Waals surface area contributed by atoms with Gasteiger partial charge in [0.15, 0.2) is 6.61 Å². The third-order valence-electron chi connectivity index (χ3n) is 4.48. The zero-order valence-corrected chi connectivity index (χ0v) is 14.9. The molecular weight excluding hydrogens is 332 g/mol. The van der Waals surface area contributed by atoms with Crippen LogP contribution in [0.2, 0.25) is 0 Å². The SMILES string of the molecule is COc1ccccc1NC1CCN(C(=O)COc2ccc(CO)cc2)C1. The van der Waals surface area contributed by atoms with Crippen molar-refractivity contribution in [2.45, 2.75) is 19.1 Å². The molecule has 0 bridgehead atoms. The number of rotatable bonds is 7. The van der Waals surface area contributed by atoms with E-state index < -0.39 is 0 Å². The van der Waals surface area contributed by atoms with Gasteiger partial charge < -0.3 is 24.8 Å². The molecule has 1 saturated heterocycles. The summed E-state index contributed by atoms with van der Waals surface area (Å²) in [4.78, 5) is 14.2. The van der Waals surface area contributed by atoms with Crippen LogP contribution in [0.15, 0.2) is 48.5 Å². The van der Waals surface area contributed by atoms with Gasteiger partial charge in [-0.05, 0) is 36.2 Å². The van der Waals surface area contributed by atoms with Gasteiger partial charge in [0.2, 0.25) is 0 Å². The Balaban J connectivity index is 1.49. The predicted octanol–water partition coefficient (Wildman–Crippen LogP) is 2.28. The molecule has 26 heavy (non-hydrogen) atoms. The summed E-state index contributed by atoms with van der Waals surface area (Å²) in [6.07, 6.45) is 0.884. The summed E-state index contributed by atoms with van der Waals surface area (Å²) in [6, 6.07) is 15.0. The molecule has 1 unspecified atom stereocenters. The third kappa shape index (κ3) is 4.46. The van der Waals surface area contributed by atoms with E-state index in [9.17, 15) is 4.79 Å². The van der Waals surface area contributed by atoms with Crippen LogP contribution in [-0.2, 0) is 11.4 Å². The standard InChI is InChI=1S/C20H24N2O4/c1-25-19-5-3-2-4-18(19)21-16-10-11-22(12-16)20(24)14-26-17-8-6-15(13-23)7-9-17/h2-9,16,21,23H,10-14H2,1H3. The van der Waals surface area contributed by atoms with Crippen molar-refractivity contribution in [2.24, 2.45) is 0 Å². The van der Waals surface area contributed by atoms with E-state index in [0.29, 0.717) is 18.8 Å². The van der Waals surface area contributed by atoms with Crippen molar-refractivity contribution in [1.29, 1.82) is 0 Å². The van der Waals surface area contributed by atoms with Gasteiger partial charge in [-0.25, -0.2) is 0 Å². The largest absolute Gasteiger partial charge is 0.495 e. The first kappa shape index (κ1) is 18.1. The highest BCUT2D eigenvalue weighted by atomic mass is 16.5. The summed E-state index contributed by atoms with van der Waals surface area (Å²) < 4.78 is 10.9. The lowest BCUT2D eigenvalue weighted by Crippen LogP contribution is -2.35. The number of aliphatic hydroxyl groups is 1. The van der Waals surface area contributed by atoms with Crippen LogP contribution in [0.25, 0.3) is 0 Å². The van der Waals surface area contributed by atoms with Gasteiger partial charge in [-0.15, -0.1) is 0 Å². The maximum atomic E-state index is 12.4. The molecule has 1 aliphatic heterocycles. The molecule has 2 aromatic carbocycles. The van der Waals surface area contributed by atoms with Crippen molar-refractivity contribution < 1.29 is 19.4 Å². The van der Waals surface area contributed by atoms with Crippen molar-refractivity contribution in [2.75, 3.05) is 32.1 Å². The number of methoxy groups -OCH3 is 1. The van der Waals surface area contributed by atoms with Crippen LogP contribution in [0.3, 0.4) is 0 Å². The van der Waals surface area contributed by atoms with Crippen molar-refractivity contribution >= 4 is 11.6 Å². The van der Waals surface area contributed by atoms with E-state index in [1.807, 2.05) is 29.2 Å². The van der Waals surface area contributed by atoms with Gasteiger partial charge in [0, 0.05) is 19.1 Å². The number of carbonyl (C=O) groups excluding carboxylic acids is 1. The zero-order valence-electron chi connectivity index (χ0n) is 14.9. The summed E-state index contributed by atoms with van der Waals surface area (Å²) in [5.41, 5.74) is 1.75. The number of amides is 1. The van der Waals surface area contributed by atoms with Crippen LogP contribution in [0.5, 0.6) is 11.5 Å². The number of likely N-dealkylation sites (tertiary alicyclic amines) is 1. The summed E-state index contributed by atoms with van der Waals surface area (Å²) in [5, 5.41) is 12.5. The summed E-state index contributed by atoms with van der Waals surface area (Å²) in [6.45, 7) is 1.36. The van der Waals surface area contributed by atoms with E-state index in [0.717, 1.165) is 23.4 Å². The van der Waals surface area contributed by atoms with Crippen LogP contribution in [0.1, 0.15) is 12.0 Å². The van der Waals surface area contributed by atoms with Gasteiger partial charge in [-0.1, -0.05) is 24.3 Å². The Labute approximate surface area is 153 Å². The average Bonchev–Trinajstić information content (AvgIpc) is 3.15. The van der Waals surface area contributed by atoms with Crippen molar-refractivity contribution in [3.63, 3.8) is 0 Å². The lowest BCUT2D eigenvalue weighted by atomic mass is 10.2. The molecule has 0 radical (unpaired) electrons. The van der Waals surface area contributed by atoms with Crippen molar-refractivity contribution in [1.82, 2.24) is 4.90 Å². The molecule has 3 rings (SSSR count). The number of carbonyl (C=O) groups is 1. The average molecular weight is 356 g/mol. The smallest absolute Gasteiger partial charge is 0.260 e. The van der Waals surface area contributed by atoms with E-state index in [1.54, 1.807) is 31.4 Å². The molecule has 1 heterocycles. The van der Waals surface area contributed by atoms with Crippen LogP contribution < -0.4 is 14.8 Å². The molecule has 2 N–H and O–H groups in total. The molecule has 1 amide bonds. The van der Waals surface area contributed by atoms with Crippen LogP contribution in [-0.4, -0.2) is 48.8 Å². The van der Waals surface area contributed by atoms with Gasteiger partial charge in [-0.2, -0.15) is 0 Å². The van der Waals surface area contributed by atoms with Gasteiger partial charge >= 0.3 is 0 Å². The number of nitrogens with zero attached hydrogens (tertiary/aromatic N) is 1. The van der Waals surface area contributed by atoms with E-state index in [4.69, 9.17) is 14.6 Å². The van der Waals surface area contributed by atoms with Gasteiger partial charge in [0.25, 0.3) is 5.91 Å². The lowest BCUT2D eigenvalue weighted by molar-refractivity contribution is -0.132. The summed E-state index contributed by atoms with van der Waals surface area (Å²) >= 11 is 0. The van der Waals surface area contributed by atoms with Gasteiger partial charge in [-0.3, -0.25) is 4.79 Å². The minimum Gasteiger partial charge on any atom is -0.495 e. The fraction of sp³-hybridized carbons (Fsp3) is 0.350. The molecule has 0 aliphatic carbocycles. The molecule has 0 aromatic heterocycles. The fourth-order valence-corrected chi connectivity index (χ4v) is 3.02. The number of nitrogens with one attached hydrogen (secondary N) is 1. The van der Waals surface area contributed by atoms with Crippen LogP contribution >= 0.6 is 0 Å². The van der Waals surface area contributed by atoms with Gasteiger partial charge in [0.1, 0.15) is 11.5 Å². The first-order valence-electron chi connectivity index (χ1n) is 8.69. The first-order valence-corrected chi connectivity index (χ1v) is 8.69. The molecule has 1 atom stereocenters. The minimum absolute atomic E-state index is 0.00637. The normalized spacial score (nSPS) is 16.4. The maximum Gasteiger partial charge on any atom is 0.260 e. The molecule has 138 valence electrons. The fourth-order valence-electron chi connectivity index (χ4n) is 3.02. The highest BCUT2D eigenvalue weighted by molar-refractivity contribution is 5.78. The van der Waals surface area contributed by atoms with Gasteiger partial charge in [0.05, 0.1) is 19.4 Å². The Bertz CT molecular complexity index is 733. The lowest BCUT2D eigenvalue weighted by Gasteiger charge is -2.19. The van der Waals surface area contributed by atoms with Crippen LogP contribution in [0, 0.1) is 0 Å². The second kappa shape index (κ2) is 8.58. The Morgan fingerprint density at radius 3 is 2.73 bits per heavy atom. The monoisotopic (exact) mass is 356 g/mol. The second-order valence-corrected chi connectivity index (χ2v) is 6.26. The first-order chi connectivity index (χ1) is 12.7. The summed E-state index contributed by atoms with van der Waals surface area (Å²) in [7, 11) is 1.65. The summed E-state index contributed by atoms with van der Waals surface area (Å²) in [5.74, 6) is 1.39. The number of para-hydroxylation sites is 2. The molecule has 2 aromatic rings. The van der Waals surface area contributed by atoms with E-state index >= 15 is 0 Å². The molecular formula is C20H24N2O4. The molecule has 0 spiro atoms. The highest BCUT2D eigenvalue weighted by Crippen LogP contribution is 2.25. The number of hydrogen-bond acceptors (Lipinski definition) is 5. The molecule has 6 nitrogen and oxygen atoms in total. The van der Waals surface area contributed by atoms with Crippen molar-refractivity contribution in [3.8, 4) is 11.5 Å². The molecule has 6 heteroatoms. The zero-order chi connectivity index (χ0) is 18.4. The highest BCUT2D eigenvalue weighted by Gasteiger charge is 2.26. The van der Waals surface area contributed by atoms with Crippen molar-refractivity contribution in [3.05, 3.63) is 54.1 Å².